The molecule has 0 aromatic carbocycles. The Morgan fingerprint density at radius 1 is 1.53 bits per heavy atom. The summed E-state index contributed by atoms with van der Waals surface area (Å²) in [5, 5.41) is 0. The fraction of sp³-hybridized carbons (Fsp3) is 0.500. The number of pyridine rings is 1. The summed E-state index contributed by atoms with van der Waals surface area (Å²) in [6.07, 6.45) is 3.01. The van der Waals surface area contributed by atoms with E-state index in [2.05, 4.69) is 4.98 Å². The van der Waals surface area contributed by atoms with Gasteiger partial charge in [0, 0.05) is 19.3 Å². The van der Waals surface area contributed by atoms with E-state index in [4.69, 9.17) is 5.73 Å². The van der Waals surface area contributed by atoms with Crippen molar-refractivity contribution in [3.63, 3.8) is 0 Å². The molecule has 0 bridgehead atoms. The highest BCUT2D eigenvalue weighted by molar-refractivity contribution is 5.95. The lowest BCUT2D eigenvalue weighted by Crippen LogP contribution is -2.36. The van der Waals surface area contributed by atoms with Gasteiger partial charge in [-0.1, -0.05) is 13.8 Å². The van der Waals surface area contributed by atoms with Crippen molar-refractivity contribution >= 4 is 11.7 Å². The van der Waals surface area contributed by atoms with Gasteiger partial charge < -0.3 is 10.6 Å². The third-order valence-electron chi connectivity index (χ3n) is 2.96. The van der Waals surface area contributed by atoms with Crippen LogP contribution < -0.4 is 5.73 Å². The van der Waals surface area contributed by atoms with Crippen LogP contribution in [0.1, 0.15) is 37.0 Å². The van der Waals surface area contributed by atoms with E-state index < -0.39 is 5.82 Å². The number of nitrogens with zero attached hydrogens (tertiary/aromatic N) is 2. The number of nitrogens with two attached hydrogens (primary N) is 1. The average Bonchev–Trinajstić information content (AvgIpc) is 2.33. The van der Waals surface area contributed by atoms with Crippen LogP contribution in [0.25, 0.3) is 0 Å². The largest absolute Gasteiger partial charge is 0.381 e. The van der Waals surface area contributed by atoms with Crippen LogP contribution in [0.15, 0.2) is 12.3 Å². The molecule has 5 heteroatoms. The molecule has 0 aliphatic rings. The molecule has 1 aromatic rings. The fourth-order valence-electron chi connectivity index (χ4n) is 1.82. The van der Waals surface area contributed by atoms with Crippen molar-refractivity contribution < 1.29 is 9.18 Å². The predicted molar refractivity (Wildman–Crippen MR) is 65.1 cm³/mol. The fourth-order valence-corrected chi connectivity index (χ4v) is 1.82. The van der Waals surface area contributed by atoms with Gasteiger partial charge >= 0.3 is 0 Å². The molecule has 17 heavy (non-hydrogen) atoms. The zero-order valence-corrected chi connectivity index (χ0v) is 10.4. The first-order chi connectivity index (χ1) is 8.02. The highest BCUT2D eigenvalue weighted by Gasteiger charge is 2.22. The standard InChI is InChI=1S/C12H18FN3O/c1-4-8(5-2)16(3)12(17)9-6-7-15-11(14)10(9)13/h6-8H,4-5H2,1-3H3,(H2,14,15). The van der Waals surface area contributed by atoms with Crippen molar-refractivity contribution in [1.82, 2.24) is 9.88 Å². The molecular formula is C12H18FN3O. The summed E-state index contributed by atoms with van der Waals surface area (Å²) in [6, 6.07) is 1.46. The van der Waals surface area contributed by atoms with E-state index in [0.29, 0.717) is 0 Å². The molecule has 1 amide bonds. The lowest BCUT2D eigenvalue weighted by atomic mass is 10.1. The Bertz CT molecular complexity index is 405. The van der Waals surface area contributed by atoms with Crippen molar-refractivity contribution in [3.8, 4) is 0 Å². The van der Waals surface area contributed by atoms with Crippen LogP contribution in [0.5, 0.6) is 0 Å². The Morgan fingerprint density at radius 3 is 2.65 bits per heavy atom. The van der Waals surface area contributed by atoms with E-state index in [1.54, 1.807) is 11.9 Å². The van der Waals surface area contributed by atoms with Crippen LogP contribution in [-0.2, 0) is 0 Å². The van der Waals surface area contributed by atoms with Crippen molar-refractivity contribution in [1.29, 1.82) is 0 Å². The van der Waals surface area contributed by atoms with Crippen molar-refractivity contribution in [2.24, 2.45) is 0 Å². The van der Waals surface area contributed by atoms with Crippen LogP contribution in [0.3, 0.4) is 0 Å². The molecule has 1 rings (SSSR count). The number of anilines is 1. The minimum Gasteiger partial charge on any atom is -0.381 e. The lowest BCUT2D eigenvalue weighted by molar-refractivity contribution is 0.0719. The Hall–Kier alpha value is -1.65. The second-order valence-corrected chi connectivity index (χ2v) is 3.94. The number of carbonyl (C=O) groups excluding carboxylic acids is 1. The molecule has 0 saturated heterocycles. The molecule has 94 valence electrons. The van der Waals surface area contributed by atoms with E-state index in [9.17, 15) is 9.18 Å². The molecule has 2 N–H and O–H groups in total. The molecule has 0 aliphatic carbocycles. The second kappa shape index (κ2) is 5.61. The summed E-state index contributed by atoms with van der Waals surface area (Å²) in [7, 11) is 1.68. The summed E-state index contributed by atoms with van der Waals surface area (Å²) in [5.41, 5.74) is 5.32. The summed E-state index contributed by atoms with van der Waals surface area (Å²) < 4.78 is 13.6. The third-order valence-corrected chi connectivity index (χ3v) is 2.96. The van der Waals surface area contributed by atoms with Gasteiger partial charge in [0.05, 0.1) is 5.56 Å². The maximum Gasteiger partial charge on any atom is 0.257 e. The van der Waals surface area contributed by atoms with Gasteiger partial charge in [0.15, 0.2) is 11.6 Å². The zero-order chi connectivity index (χ0) is 13.0. The number of amides is 1. The number of aromatic nitrogens is 1. The Kier molecular flexibility index (Phi) is 4.43. The van der Waals surface area contributed by atoms with Gasteiger partial charge in [0.1, 0.15) is 0 Å². The summed E-state index contributed by atoms with van der Waals surface area (Å²) in [4.78, 5) is 17.2. The van der Waals surface area contributed by atoms with Crippen LogP contribution in [0.2, 0.25) is 0 Å². The number of nitrogen functional groups attached to an aromatic ring is 1. The quantitative estimate of drug-likeness (QED) is 0.875. The van der Waals surface area contributed by atoms with Gasteiger partial charge in [-0.15, -0.1) is 0 Å². The summed E-state index contributed by atoms with van der Waals surface area (Å²) >= 11 is 0. The number of rotatable bonds is 4. The van der Waals surface area contributed by atoms with E-state index in [-0.39, 0.29) is 23.3 Å². The van der Waals surface area contributed by atoms with Crippen molar-refractivity contribution in [2.75, 3.05) is 12.8 Å². The van der Waals surface area contributed by atoms with Gasteiger partial charge in [0.2, 0.25) is 0 Å². The molecule has 0 spiro atoms. The highest BCUT2D eigenvalue weighted by atomic mass is 19.1. The number of halogens is 1. The van der Waals surface area contributed by atoms with Gasteiger partial charge in [-0.25, -0.2) is 9.37 Å². The molecule has 1 aromatic heterocycles. The zero-order valence-electron chi connectivity index (χ0n) is 10.4. The first kappa shape index (κ1) is 13.4. The predicted octanol–water partition coefficient (Wildman–Crippen LogP) is 2.06. The monoisotopic (exact) mass is 239 g/mol. The van der Waals surface area contributed by atoms with Gasteiger partial charge in [-0.2, -0.15) is 0 Å². The van der Waals surface area contributed by atoms with Crippen LogP contribution in [0, 0.1) is 5.82 Å². The molecular weight excluding hydrogens is 221 g/mol. The Labute approximate surface area is 101 Å². The van der Waals surface area contributed by atoms with Crippen molar-refractivity contribution in [3.05, 3.63) is 23.6 Å². The van der Waals surface area contributed by atoms with Crippen LogP contribution >= 0.6 is 0 Å². The average molecular weight is 239 g/mol. The first-order valence-corrected chi connectivity index (χ1v) is 5.70. The van der Waals surface area contributed by atoms with Gasteiger partial charge in [-0.3, -0.25) is 4.79 Å². The highest BCUT2D eigenvalue weighted by Crippen LogP contribution is 2.16. The first-order valence-electron chi connectivity index (χ1n) is 5.70. The molecule has 0 aliphatic heterocycles. The molecule has 0 fully saturated rings. The number of carbonyl (C=O) groups is 1. The Balaban J connectivity index is 3.00. The summed E-state index contributed by atoms with van der Waals surface area (Å²) in [5.74, 6) is -1.34. The molecule has 0 radical (unpaired) electrons. The maximum atomic E-state index is 13.6. The number of hydrogen-bond acceptors (Lipinski definition) is 3. The summed E-state index contributed by atoms with van der Waals surface area (Å²) in [6.45, 7) is 3.99. The minimum atomic E-state index is -0.740. The molecule has 0 unspecified atom stereocenters. The Morgan fingerprint density at radius 2 is 2.12 bits per heavy atom. The maximum absolute atomic E-state index is 13.6. The normalized spacial score (nSPS) is 10.6. The molecule has 0 saturated carbocycles. The van der Waals surface area contributed by atoms with E-state index in [1.807, 2.05) is 13.8 Å². The molecule has 0 atom stereocenters. The smallest absolute Gasteiger partial charge is 0.257 e. The van der Waals surface area contributed by atoms with E-state index in [0.717, 1.165) is 12.8 Å². The minimum absolute atomic E-state index is 0.0214. The topological polar surface area (TPSA) is 59.2 Å². The van der Waals surface area contributed by atoms with Gasteiger partial charge in [0.25, 0.3) is 5.91 Å². The van der Waals surface area contributed by atoms with Gasteiger partial charge in [-0.05, 0) is 18.9 Å². The van der Waals surface area contributed by atoms with Crippen molar-refractivity contribution in [2.45, 2.75) is 32.7 Å². The van der Waals surface area contributed by atoms with Crippen LogP contribution in [0.4, 0.5) is 10.2 Å². The second-order valence-electron chi connectivity index (χ2n) is 3.94. The van der Waals surface area contributed by atoms with E-state index in [1.165, 1.54) is 12.3 Å². The molecule has 4 nitrogen and oxygen atoms in total. The number of hydrogen-bond donors (Lipinski definition) is 1. The molecule has 1 heterocycles. The third kappa shape index (κ3) is 2.72. The SMILES string of the molecule is CCC(CC)N(C)C(=O)c1ccnc(N)c1F. The van der Waals surface area contributed by atoms with Crippen LogP contribution in [-0.4, -0.2) is 28.9 Å². The lowest BCUT2D eigenvalue weighted by Gasteiger charge is -2.26. The van der Waals surface area contributed by atoms with E-state index >= 15 is 0 Å².